The van der Waals surface area contributed by atoms with Crippen molar-refractivity contribution >= 4 is 17.4 Å². The van der Waals surface area contributed by atoms with Crippen molar-refractivity contribution in [1.82, 2.24) is 0 Å². The summed E-state index contributed by atoms with van der Waals surface area (Å²) in [4.78, 5) is 11.9. The number of nitrogens with zero attached hydrogens (tertiary/aromatic N) is 1. The molecule has 106 valence electrons. The summed E-state index contributed by atoms with van der Waals surface area (Å²) in [5.74, 6) is 0.544. The van der Waals surface area contributed by atoms with Crippen molar-refractivity contribution in [3.63, 3.8) is 0 Å². The van der Waals surface area contributed by atoms with Crippen LogP contribution in [-0.4, -0.2) is 12.4 Å². The fourth-order valence-corrected chi connectivity index (χ4v) is 2.05. The minimum atomic E-state index is 0.0887. The first-order valence-electron chi connectivity index (χ1n) is 6.61. The number of Topliss-reactive ketones (excluding diaryl/α,β-unsaturated/α-hetero) is 1. The first-order valence-corrected chi connectivity index (χ1v) is 6.99. The van der Waals surface area contributed by atoms with E-state index in [4.69, 9.17) is 21.6 Å². The highest BCUT2D eigenvalue weighted by Crippen LogP contribution is 2.23. The van der Waals surface area contributed by atoms with Gasteiger partial charge in [0.1, 0.15) is 11.8 Å². The van der Waals surface area contributed by atoms with Crippen molar-refractivity contribution in [3.8, 4) is 11.8 Å². The second-order valence-electron chi connectivity index (χ2n) is 4.49. The predicted molar refractivity (Wildman–Crippen MR) is 81.7 cm³/mol. The molecular weight excluding hydrogens is 286 g/mol. The van der Waals surface area contributed by atoms with Crippen LogP contribution in [0.1, 0.15) is 28.8 Å². The van der Waals surface area contributed by atoms with Gasteiger partial charge in [-0.1, -0.05) is 41.9 Å². The summed E-state index contributed by atoms with van der Waals surface area (Å²) in [5.41, 5.74) is 1.15. The van der Waals surface area contributed by atoms with Gasteiger partial charge in [0, 0.05) is 23.1 Å². The molecule has 0 amide bonds. The summed E-state index contributed by atoms with van der Waals surface area (Å²) in [5, 5.41) is 9.49. The predicted octanol–water partition coefficient (Wildman–Crippen LogP) is 4.25. The molecule has 0 saturated heterocycles. The van der Waals surface area contributed by atoms with E-state index in [-0.39, 0.29) is 5.78 Å². The zero-order valence-corrected chi connectivity index (χ0v) is 12.1. The van der Waals surface area contributed by atoms with Crippen LogP contribution in [-0.2, 0) is 0 Å². The number of rotatable bonds is 6. The van der Waals surface area contributed by atoms with Crippen LogP contribution in [0.2, 0.25) is 5.02 Å². The van der Waals surface area contributed by atoms with Gasteiger partial charge in [-0.25, -0.2) is 0 Å². The standard InChI is InChI=1S/C17H14ClNO2/c18-15-9-8-14(12-19)17(11-15)21-10-4-7-16(20)13-5-2-1-3-6-13/h1-3,5-6,8-9,11H,4,7,10H2. The van der Waals surface area contributed by atoms with Gasteiger partial charge in [0.15, 0.2) is 5.78 Å². The van der Waals surface area contributed by atoms with Gasteiger partial charge < -0.3 is 4.74 Å². The molecule has 21 heavy (non-hydrogen) atoms. The van der Waals surface area contributed by atoms with Gasteiger partial charge >= 0.3 is 0 Å². The highest BCUT2D eigenvalue weighted by Gasteiger charge is 2.07. The lowest BCUT2D eigenvalue weighted by Crippen LogP contribution is -2.04. The lowest BCUT2D eigenvalue weighted by atomic mass is 10.1. The van der Waals surface area contributed by atoms with Crippen molar-refractivity contribution in [2.75, 3.05) is 6.61 Å². The number of ether oxygens (including phenoxy) is 1. The minimum Gasteiger partial charge on any atom is -0.492 e. The Labute approximate surface area is 128 Å². The van der Waals surface area contributed by atoms with Gasteiger partial charge in [0.2, 0.25) is 0 Å². The second kappa shape index (κ2) is 7.47. The number of ketones is 1. The van der Waals surface area contributed by atoms with Crippen LogP contribution in [0.4, 0.5) is 0 Å². The first-order chi connectivity index (χ1) is 10.2. The van der Waals surface area contributed by atoms with Crippen LogP contribution in [0.3, 0.4) is 0 Å². The maximum Gasteiger partial charge on any atom is 0.163 e. The normalized spacial score (nSPS) is 9.90. The quantitative estimate of drug-likeness (QED) is 0.591. The zero-order valence-electron chi connectivity index (χ0n) is 11.4. The molecule has 0 unspecified atom stereocenters. The molecule has 4 heteroatoms. The number of carbonyl (C=O) groups is 1. The number of carbonyl (C=O) groups excluding carboxylic acids is 1. The molecule has 0 heterocycles. The molecule has 0 aliphatic carbocycles. The largest absolute Gasteiger partial charge is 0.492 e. The van der Waals surface area contributed by atoms with E-state index in [1.165, 1.54) is 0 Å². The third-order valence-corrected chi connectivity index (χ3v) is 3.20. The Morgan fingerprint density at radius 3 is 2.67 bits per heavy atom. The van der Waals surface area contributed by atoms with Crippen molar-refractivity contribution in [3.05, 3.63) is 64.7 Å². The molecule has 0 N–H and O–H groups in total. The van der Waals surface area contributed by atoms with Crippen LogP contribution in [0, 0.1) is 11.3 Å². The zero-order chi connectivity index (χ0) is 15.1. The van der Waals surface area contributed by atoms with E-state index < -0.39 is 0 Å². The minimum absolute atomic E-state index is 0.0887. The SMILES string of the molecule is N#Cc1ccc(Cl)cc1OCCCC(=O)c1ccccc1. The summed E-state index contributed by atoms with van der Waals surface area (Å²) >= 11 is 5.87. The molecule has 2 rings (SSSR count). The fraction of sp³-hybridized carbons (Fsp3) is 0.176. The van der Waals surface area contributed by atoms with E-state index in [0.717, 1.165) is 0 Å². The van der Waals surface area contributed by atoms with Crippen molar-refractivity contribution in [2.45, 2.75) is 12.8 Å². The second-order valence-corrected chi connectivity index (χ2v) is 4.93. The maximum absolute atomic E-state index is 11.9. The highest BCUT2D eigenvalue weighted by atomic mass is 35.5. The van der Waals surface area contributed by atoms with Gasteiger partial charge in [0.25, 0.3) is 0 Å². The van der Waals surface area contributed by atoms with Gasteiger partial charge in [-0.15, -0.1) is 0 Å². The molecule has 2 aromatic rings. The molecule has 0 bridgehead atoms. The molecule has 0 radical (unpaired) electrons. The Kier molecular flexibility index (Phi) is 5.36. The third-order valence-electron chi connectivity index (χ3n) is 2.97. The van der Waals surface area contributed by atoms with Crippen LogP contribution < -0.4 is 4.74 Å². The van der Waals surface area contributed by atoms with Crippen LogP contribution in [0.5, 0.6) is 5.75 Å². The molecule has 0 fully saturated rings. The van der Waals surface area contributed by atoms with E-state index in [0.29, 0.717) is 41.3 Å². The molecule has 0 aliphatic heterocycles. The average molecular weight is 300 g/mol. The molecule has 0 aromatic heterocycles. The van der Waals surface area contributed by atoms with Gasteiger partial charge in [-0.2, -0.15) is 5.26 Å². The smallest absolute Gasteiger partial charge is 0.163 e. The first kappa shape index (κ1) is 15.1. The van der Waals surface area contributed by atoms with Crippen LogP contribution in [0.15, 0.2) is 48.5 Å². The Morgan fingerprint density at radius 1 is 1.19 bits per heavy atom. The summed E-state index contributed by atoms with van der Waals surface area (Å²) < 4.78 is 5.54. The van der Waals surface area contributed by atoms with Crippen molar-refractivity contribution < 1.29 is 9.53 Å². The number of hydrogen-bond donors (Lipinski definition) is 0. The van der Waals surface area contributed by atoms with E-state index in [1.54, 1.807) is 30.3 Å². The van der Waals surface area contributed by atoms with Crippen LogP contribution in [0.25, 0.3) is 0 Å². The monoisotopic (exact) mass is 299 g/mol. The number of hydrogen-bond acceptors (Lipinski definition) is 3. The Hall–Kier alpha value is -2.31. The molecule has 0 spiro atoms. The Morgan fingerprint density at radius 2 is 1.95 bits per heavy atom. The van der Waals surface area contributed by atoms with Gasteiger partial charge in [-0.05, 0) is 18.6 Å². The Bertz CT molecular complexity index is 662. The van der Waals surface area contributed by atoms with E-state index in [2.05, 4.69) is 0 Å². The number of benzene rings is 2. The molecule has 3 nitrogen and oxygen atoms in total. The number of nitriles is 1. The molecule has 0 saturated carbocycles. The topological polar surface area (TPSA) is 50.1 Å². The summed E-state index contributed by atoms with van der Waals surface area (Å²) in [6, 6.07) is 16.1. The molecule has 0 atom stereocenters. The maximum atomic E-state index is 11.9. The lowest BCUT2D eigenvalue weighted by molar-refractivity contribution is 0.0973. The van der Waals surface area contributed by atoms with E-state index >= 15 is 0 Å². The van der Waals surface area contributed by atoms with Gasteiger partial charge in [-0.3, -0.25) is 4.79 Å². The van der Waals surface area contributed by atoms with Gasteiger partial charge in [0.05, 0.1) is 12.2 Å². The highest BCUT2D eigenvalue weighted by molar-refractivity contribution is 6.30. The van der Waals surface area contributed by atoms with Crippen LogP contribution >= 0.6 is 11.6 Å². The molecular formula is C17H14ClNO2. The third kappa shape index (κ3) is 4.34. The summed E-state index contributed by atoms with van der Waals surface area (Å²) in [6.07, 6.45) is 0.998. The van der Waals surface area contributed by atoms with Crippen molar-refractivity contribution in [1.29, 1.82) is 5.26 Å². The Balaban J connectivity index is 1.84. The lowest BCUT2D eigenvalue weighted by Gasteiger charge is -2.08. The average Bonchev–Trinajstić information content (AvgIpc) is 2.52. The van der Waals surface area contributed by atoms with E-state index in [9.17, 15) is 4.79 Å². The summed E-state index contributed by atoms with van der Waals surface area (Å²) in [7, 11) is 0. The number of halogens is 1. The summed E-state index contributed by atoms with van der Waals surface area (Å²) in [6.45, 7) is 0.369. The molecule has 0 aliphatic rings. The van der Waals surface area contributed by atoms with E-state index in [1.807, 2.05) is 24.3 Å². The molecule has 2 aromatic carbocycles. The van der Waals surface area contributed by atoms with Crippen molar-refractivity contribution in [2.24, 2.45) is 0 Å². The fourth-order valence-electron chi connectivity index (χ4n) is 1.89.